The van der Waals surface area contributed by atoms with E-state index in [9.17, 15) is 9.59 Å². The zero-order chi connectivity index (χ0) is 19.4. The van der Waals surface area contributed by atoms with Crippen LogP contribution in [0.1, 0.15) is 45.5 Å². The molecule has 1 N–H and O–H groups in total. The second kappa shape index (κ2) is 8.25. The first-order valence-electron chi connectivity index (χ1n) is 9.45. The highest BCUT2D eigenvalue weighted by molar-refractivity contribution is 6.07. The summed E-state index contributed by atoms with van der Waals surface area (Å²) in [5, 5.41) is 2.94. The van der Waals surface area contributed by atoms with Gasteiger partial charge in [-0.15, -0.1) is 0 Å². The van der Waals surface area contributed by atoms with Gasteiger partial charge >= 0.3 is 0 Å². The van der Waals surface area contributed by atoms with Crippen molar-refractivity contribution in [3.63, 3.8) is 0 Å². The van der Waals surface area contributed by atoms with Gasteiger partial charge in [-0.25, -0.2) is 0 Å². The predicted molar refractivity (Wildman–Crippen MR) is 110 cm³/mol. The average molecular weight is 365 g/mol. The lowest BCUT2D eigenvalue weighted by atomic mass is 10.1. The zero-order valence-corrected chi connectivity index (χ0v) is 16.3. The van der Waals surface area contributed by atoms with Gasteiger partial charge in [0.05, 0.1) is 5.56 Å². The number of amides is 2. The van der Waals surface area contributed by atoms with Gasteiger partial charge in [0, 0.05) is 44.1 Å². The Balaban J connectivity index is 1.88. The first-order chi connectivity index (χ1) is 13.0. The highest BCUT2D eigenvalue weighted by Crippen LogP contribution is 2.26. The molecule has 0 saturated carbocycles. The van der Waals surface area contributed by atoms with E-state index in [0.29, 0.717) is 16.8 Å². The number of hydrogen-bond donors (Lipinski definition) is 1. The Morgan fingerprint density at radius 3 is 2.33 bits per heavy atom. The molecular weight excluding hydrogens is 338 g/mol. The maximum atomic E-state index is 13.1. The highest BCUT2D eigenvalue weighted by Gasteiger charge is 2.22. The lowest BCUT2D eigenvalue weighted by molar-refractivity contribution is 0.0724. The van der Waals surface area contributed by atoms with Crippen molar-refractivity contribution in [3.05, 3.63) is 59.2 Å². The third-order valence-electron chi connectivity index (χ3n) is 5.00. The van der Waals surface area contributed by atoms with E-state index in [1.165, 1.54) is 6.42 Å². The molecule has 2 aromatic rings. The molecule has 27 heavy (non-hydrogen) atoms. The number of rotatable bonds is 4. The summed E-state index contributed by atoms with van der Waals surface area (Å²) in [6.07, 6.45) is 3.27. The van der Waals surface area contributed by atoms with Crippen LogP contribution in [0, 0.1) is 6.92 Å². The molecule has 1 aliphatic rings. The summed E-state index contributed by atoms with van der Waals surface area (Å²) in [6, 6.07) is 13.0. The SMILES string of the molecule is Cc1ccccc1C(=O)Nc1ccc(N(C)C)c(C(=O)N2CCCCC2)c1. The molecule has 0 spiro atoms. The number of hydrogen-bond acceptors (Lipinski definition) is 3. The van der Waals surface area contributed by atoms with Crippen molar-refractivity contribution in [2.75, 3.05) is 37.4 Å². The second-order valence-electron chi connectivity index (χ2n) is 7.25. The third kappa shape index (κ3) is 4.30. The normalized spacial score (nSPS) is 14.0. The minimum atomic E-state index is -0.165. The van der Waals surface area contributed by atoms with Gasteiger partial charge in [0.1, 0.15) is 0 Å². The molecule has 0 atom stereocenters. The van der Waals surface area contributed by atoms with Crippen molar-refractivity contribution >= 4 is 23.2 Å². The number of anilines is 2. The molecule has 0 unspecified atom stereocenters. The molecule has 3 rings (SSSR count). The van der Waals surface area contributed by atoms with Gasteiger partial charge in [-0.2, -0.15) is 0 Å². The smallest absolute Gasteiger partial charge is 0.256 e. The summed E-state index contributed by atoms with van der Waals surface area (Å²) in [6.45, 7) is 3.51. The van der Waals surface area contributed by atoms with E-state index < -0.39 is 0 Å². The van der Waals surface area contributed by atoms with Crippen molar-refractivity contribution in [3.8, 4) is 0 Å². The van der Waals surface area contributed by atoms with E-state index in [4.69, 9.17) is 0 Å². The van der Waals surface area contributed by atoms with E-state index in [1.807, 2.05) is 61.2 Å². The molecule has 0 bridgehead atoms. The van der Waals surface area contributed by atoms with Gasteiger partial charge in [-0.1, -0.05) is 18.2 Å². The zero-order valence-electron chi connectivity index (χ0n) is 16.3. The molecule has 1 fully saturated rings. The maximum absolute atomic E-state index is 13.1. The van der Waals surface area contributed by atoms with Crippen molar-refractivity contribution < 1.29 is 9.59 Å². The van der Waals surface area contributed by atoms with Crippen LogP contribution in [0.4, 0.5) is 11.4 Å². The predicted octanol–water partition coefficient (Wildman–Crippen LogP) is 3.94. The summed E-state index contributed by atoms with van der Waals surface area (Å²) < 4.78 is 0. The maximum Gasteiger partial charge on any atom is 0.256 e. The number of nitrogens with one attached hydrogen (secondary N) is 1. The summed E-state index contributed by atoms with van der Waals surface area (Å²) in [5.41, 5.74) is 3.68. The number of nitrogens with zero attached hydrogens (tertiary/aromatic N) is 2. The number of benzene rings is 2. The van der Waals surface area contributed by atoms with Crippen LogP contribution in [0.25, 0.3) is 0 Å². The molecule has 1 heterocycles. The molecule has 5 nitrogen and oxygen atoms in total. The van der Waals surface area contributed by atoms with E-state index in [0.717, 1.165) is 37.2 Å². The standard InChI is InChI=1S/C22H27N3O2/c1-16-9-5-6-10-18(16)21(26)23-17-11-12-20(24(2)3)19(15-17)22(27)25-13-7-4-8-14-25/h5-6,9-12,15H,4,7-8,13-14H2,1-3H3,(H,23,26). The number of carbonyl (C=O) groups is 2. The Morgan fingerprint density at radius 2 is 1.67 bits per heavy atom. The summed E-state index contributed by atoms with van der Waals surface area (Å²) >= 11 is 0. The Kier molecular flexibility index (Phi) is 5.79. The lowest BCUT2D eigenvalue weighted by Crippen LogP contribution is -2.36. The summed E-state index contributed by atoms with van der Waals surface area (Å²) in [7, 11) is 3.85. The van der Waals surface area contributed by atoms with Crippen molar-refractivity contribution in [1.82, 2.24) is 4.90 Å². The summed E-state index contributed by atoms with van der Waals surface area (Å²) in [5.74, 6) is -0.132. The van der Waals surface area contributed by atoms with Crippen LogP contribution in [0.2, 0.25) is 0 Å². The lowest BCUT2D eigenvalue weighted by Gasteiger charge is -2.28. The number of carbonyl (C=O) groups excluding carboxylic acids is 2. The first-order valence-corrected chi connectivity index (χ1v) is 9.45. The van der Waals surface area contributed by atoms with Gasteiger partial charge in [0.2, 0.25) is 0 Å². The van der Waals surface area contributed by atoms with Crippen LogP contribution in [0.3, 0.4) is 0 Å². The van der Waals surface area contributed by atoms with Gasteiger partial charge in [0.25, 0.3) is 11.8 Å². The summed E-state index contributed by atoms with van der Waals surface area (Å²) in [4.78, 5) is 29.5. The fourth-order valence-electron chi connectivity index (χ4n) is 3.47. The van der Waals surface area contributed by atoms with Crippen molar-refractivity contribution in [1.29, 1.82) is 0 Å². The second-order valence-corrected chi connectivity index (χ2v) is 7.25. The first kappa shape index (κ1) is 19.0. The van der Waals surface area contributed by atoms with Gasteiger partial charge in [-0.05, 0) is 56.0 Å². The van der Waals surface area contributed by atoms with Crippen LogP contribution in [-0.2, 0) is 0 Å². The largest absolute Gasteiger partial charge is 0.377 e. The molecule has 1 saturated heterocycles. The Bertz CT molecular complexity index is 839. The van der Waals surface area contributed by atoms with E-state index in [1.54, 1.807) is 12.1 Å². The van der Waals surface area contributed by atoms with Crippen LogP contribution in [0.15, 0.2) is 42.5 Å². The molecule has 2 aromatic carbocycles. The van der Waals surface area contributed by atoms with Crippen LogP contribution < -0.4 is 10.2 Å². The Morgan fingerprint density at radius 1 is 0.963 bits per heavy atom. The highest BCUT2D eigenvalue weighted by atomic mass is 16.2. The van der Waals surface area contributed by atoms with Crippen molar-refractivity contribution in [2.24, 2.45) is 0 Å². The minimum absolute atomic E-state index is 0.0328. The number of aryl methyl sites for hydroxylation is 1. The van der Waals surface area contributed by atoms with Crippen molar-refractivity contribution in [2.45, 2.75) is 26.2 Å². The number of piperidine rings is 1. The fourth-order valence-corrected chi connectivity index (χ4v) is 3.47. The molecule has 2 amide bonds. The molecule has 0 aliphatic carbocycles. The molecule has 0 radical (unpaired) electrons. The van der Waals surface area contributed by atoms with E-state index in [2.05, 4.69) is 5.32 Å². The molecule has 5 heteroatoms. The van der Waals surface area contributed by atoms with Gasteiger partial charge < -0.3 is 15.1 Å². The quantitative estimate of drug-likeness (QED) is 0.893. The average Bonchev–Trinajstić information content (AvgIpc) is 2.68. The Labute approximate surface area is 161 Å². The van der Waals surface area contributed by atoms with Crippen LogP contribution in [-0.4, -0.2) is 43.9 Å². The Hall–Kier alpha value is -2.82. The van der Waals surface area contributed by atoms with Crippen LogP contribution in [0.5, 0.6) is 0 Å². The van der Waals surface area contributed by atoms with Gasteiger partial charge in [0.15, 0.2) is 0 Å². The molecule has 0 aromatic heterocycles. The van der Waals surface area contributed by atoms with Gasteiger partial charge in [-0.3, -0.25) is 9.59 Å². The van der Waals surface area contributed by atoms with E-state index >= 15 is 0 Å². The minimum Gasteiger partial charge on any atom is -0.377 e. The van der Waals surface area contributed by atoms with E-state index in [-0.39, 0.29) is 11.8 Å². The molecule has 142 valence electrons. The monoisotopic (exact) mass is 365 g/mol. The van der Waals surface area contributed by atoms with Crippen LogP contribution >= 0.6 is 0 Å². The molecular formula is C22H27N3O2. The third-order valence-corrected chi connectivity index (χ3v) is 5.00. The topological polar surface area (TPSA) is 52.7 Å². The fraction of sp³-hybridized carbons (Fsp3) is 0.364. The molecule has 1 aliphatic heterocycles. The number of likely N-dealkylation sites (tertiary alicyclic amines) is 1.